The number of sulfonamides is 2. The predicted molar refractivity (Wildman–Crippen MR) is 155 cm³/mol. The van der Waals surface area contributed by atoms with Crippen molar-refractivity contribution < 1.29 is 44.3 Å². The molecule has 0 saturated carbocycles. The fourth-order valence-electron chi connectivity index (χ4n) is 3.85. The molecule has 4 aromatic rings. The number of hydrogen-bond acceptors (Lipinski definition) is 7. The normalized spacial score (nSPS) is 12.3. The number of alkyl halides is 3. The summed E-state index contributed by atoms with van der Waals surface area (Å²) in [5.41, 5.74) is 1.02. The maximum absolute atomic E-state index is 13.1. The van der Waals surface area contributed by atoms with Crippen LogP contribution in [-0.2, 0) is 20.0 Å². The summed E-state index contributed by atoms with van der Waals surface area (Å²) in [6.45, 7) is 4.07. The van der Waals surface area contributed by atoms with Crippen LogP contribution in [0.25, 0.3) is 10.9 Å². The number of benzene rings is 3. The standard InChI is InChI=1S/C27H27F3N4O7S2/c1-16(2)15-40-22-11-19(31-26(35)25-9-17-7-8-18(13-24(17)32-25)33-42(3,36)37)10-20(12-22)34-43(38,39)23-6-4-5-21(14-23)41-27(28,29)30/h4-14,16,32-34H,15H2,1-3H3,(H,31,35). The Kier molecular flexibility index (Phi) is 8.82. The first-order valence-corrected chi connectivity index (χ1v) is 15.9. The fraction of sp³-hybridized carbons (Fsp3) is 0.222. The third kappa shape index (κ3) is 9.02. The van der Waals surface area contributed by atoms with Gasteiger partial charge in [-0.25, -0.2) is 16.8 Å². The summed E-state index contributed by atoms with van der Waals surface area (Å²) in [5.74, 6) is -0.981. The Labute approximate surface area is 245 Å². The van der Waals surface area contributed by atoms with Crippen LogP contribution in [-0.4, -0.2) is 47.0 Å². The SMILES string of the molecule is CC(C)COc1cc(NC(=O)c2cc3ccc(NS(C)(=O)=O)cc3[nH]2)cc(NS(=O)(=O)c2cccc(OC(F)(F)F)c2)c1. The van der Waals surface area contributed by atoms with Crippen LogP contribution >= 0.6 is 0 Å². The van der Waals surface area contributed by atoms with Gasteiger partial charge in [0.15, 0.2) is 0 Å². The second-order valence-electron chi connectivity index (χ2n) is 9.89. The van der Waals surface area contributed by atoms with Crippen LogP contribution in [0, 0.1) is 5.92 Å². The number of hydrogen-bond donors (Lipinski definition) is 4. The van der Waals surface area contributed by atoms with Crippen molar-refractivity contribution in [3.63, 3.8) is 0 Å². The molecule has 1 heterocycles. The number of fused-ring (bicyclic) bond motifs is 1. The fourth-order valence-corrected chi connectivity index (χ4v) is 5.48. The Balaban J connectivity index is 1.60. The van der Waals surface area contributed by atoms with Crippen LogP contribution < -0.4 is 24.2 Å². The smallest absolute Gasteiger partial charge is 0.493 e. The molecule has 0 fully saturated rings. The molecule has 230 valence electrons. The topological polar surface area (TPSA) is 156 Å². The van der Waals surface area contributed by atoms with Crippen molar-refractivity contribution in [2.75, 3.05) is 27.6 Å². The Bertz CT molecular complexity index is 1870. The molecule has 0 atom stereocenters. The third-order valence-electron chi connectivity index (χ3n) is 5.52. The second kappa shape index (κ2) is 12.0. The summed E-state index contributed by atoms with van der Waals surface area (Å²) in [5, 5.41) is 3.29. The van der Waals surface area contributed by atoms with Crippen LogP contribution in [0.3, 0.4) is 0 Å². The Morgan fingerprint density at radius 3 is 2.28 bits per heavy atom. The maximum Gasteiger partial charge on any atom is 0.573 e. The first-order valence-electron chi connectivity index (χ1n) is 12.5. The Morgan fingerprint density at radius 1 is 0.884 bits per heavy atom. The molecule has 0 radical (unpaired) electrons. The van der Waals surface area contributed by atoms with Gasteiger partial charge in [-0.1, -0.05) is 26.0 Å². The molecular formula is C27H27F3N4O7S2. The summed E-state index contributed by atoms with van der Waals surface area (Å²) in [6.07, 6.45) is -4.00. The average Bonchev–Trinajstić information content (AvgIpc) is 3.29. The molecular weight excluding hydrogens is 613 g/mol. The van der Waals surface area contributed by atoms with Gasteiger partial charge in [-0.2, -0.15) is 0 Å². The molecule has 43 heavy (non-hydrogen) atoms. The van der Waals surface area contributed by atoms with Crippen molar-refractivity contribution in [1.29, 1.82) is 0 Å². The molecule has 11 nitrogen and oxygen atoms in total. The molecule has 4 rings (SSSR count). The van der Waals surface area contributed by atoms with E-state index in [0.29, 0.717) is 16.6 Å². The van der Waals surface area contributed by atoms with Gasteiger partial charge in [-0.15, -0.1) is 13.2 Å². The van der Waals surface area contributed by atoms with Crippen molar-refractivity contribution in [2.45, 2.75) is 25.1 Å². The number of anilines is 3. The summed E-state index contributed by atoms with van der Waals surface area (Å²) in [6, 6.07) is 14.3. The van der Waals surface area contributed by atoms with Gasteiger partial charge >= 0.3 is 6.36 Å². The molecule has 0 aliphatic rings. The molecule has 0 aliphatic heterocycles. The number of aromatic amines is 1. The van der Waals surface area contributed by atoms with Crippen molar-refractivity contribution in [1.82, 2.24) is 4.98 Å². The zero-order valence-corrected chi connectivity index (χ0v) is 24.6. The summed E-state index contributed by atoms with van der Waals surface area (Å²) in [7, 11) is -7.90. The molecule has 1 amide bonds. The van der Waals surface area contributed by atoms with Gasteiger partial charge in [-0.05, 0) is 42.3 Å². The molecule has 0 spiro atoms. The number of aromatic nitrogens is 1. The minimum atomic E-state index is -5.01. The van der Waals surface area contributed by atoms with Crippen LogP contribution in [0.1, 0.15) is 24.3 Å². The lowest BCUT2D eigenvalue weighted by Crippen LogP contribution is -2.18. The van der Waals surface area contributed by atoms with E-state index in [4.69, 9.17) is 4.74 Å². The lowest BCUT2D eigenvalue weighted by molar-refractivity contribution is -0.274. The highest BCUT2D eigenvalue weighted by atomic mass is 32.2. The third-order valence-corrected chi connectivity index (χ3v) is 7.51. The molecule has 0 unspecified atom stereocenters. The van der Waals surface area contributed by atoms with Gasteiger partial charge in [0.25, 0.3) is 15.9 Å². The van der Waals surface area contributed by atoms with Gasteiger partial charge in [0.05, 0.1) is 29.1 Å². The molecule has 3 aromatic carbocycles. The number of halogens is 3. The summed E-state index contributed by atoms with van der Waals surface area (Å²) >= 11 is 0. The van der Waals surface area contributed by atoms with Gasteiger partial charge in [-0.3, -0.25) is 14.2 Å². The van der Waals surface area contributed by atoms with E-state index in [9.17, 15) is 34.8 Å². The van der Waals surface area contributed by atoms with E-state index in [1.165, 1.54) is 30.3 Å². The van der Waals surface area contributed by atoms with Crippen LogP contribution in [0.4, 0.5) is 30.2 Å². The van der Waals surface area contributed by atoms with E-state index in [1.807, 2.05) is 13.8 Å². The van der Waals surface area contributed by atoms with Gasteiger partial charge in [0, 0.05) is 34.8 Å². The number of carbonyl (C=O) groups excluding carboxylic acids is 1. The highest BCUT2D eigenvalue weighted by Gasteiger charge is 2.31. The van der Waals surface area contributed by atoms with Crippen LogP contribution in [0.15, 0.2) is 71.6 Å². The van der Waals surface area contributed by atoms with Gasteiger partial charge < -0.3 is 19.8 Å². The molecule has 4 N–H and O–H groups in total. The molecule has 0 aliphatic carbocycles. The number of carbonyl (C=O) groups is 1. The zero-order valence-electron chi connectivity index (χ0n) is 22.9. The van der Waals surface area contributed by atoms with Gasteiger partial charge in [0.1, 0.15) is 17.2 Å². The van der Waals surface area contributed by atoms with Crippen molar-refractivity contribution >= 4 is 53.9 Å². The molecule has 1 aromatic heterocycles. The van der Waals surface area contributed by atoms with E-state index in [2.05, 4.69) is 24.5 Å². The average molecular weight is 641 g/mol. The highest BCUT2D eigenvalue weighted by molar-refractivity contribution is 7.92. The lowest BCUT2D eigenvalue weighted by atomic mass is 10.2. The number of nitrogens with one attached hydrogen (secondary N) is 4. The first kappa shape index (κ1) is 31.5. The number of H-pyrrole nitrogens is 1. The van der Waals surface area contributed by atoms with Crippen LogP contribution in [0.5, 0.6) is 11.5 Å². The van der Waals surface area contributed by atoms with E-state index >= 15 is 0 Å². The molecule has 0 bridgehead atoms. The van der Waals surface area contributed by atoms with Crippen molar-refractivity contribution in [3.05, 3.63) is 72.4 Å². The quantitative estimate of drug-likeness (QED) is 0.168. The zero-order chi connectivity index (χ0) is 31.6. The van der Waals surface area contributed by atoms with E-state index in [0.717, 1.165) is 30.5 Å². The highest BCUT2D eigenvalue weighted by Crippen LogP contribution is 2.30. The Morgan fingerprint density at radius 2 is 1.60 bits per heavy atom. The van der Waals surface area contributed by atoms with E-state index in [1.54, 1.807) is 12.1 Å². The lowest BCUT2D eigenvalue weighted by Gasteiger charge is -2.15. The summed E-state index contributed by atoms with van der Waals surface area (Å²) in [4.78, 5) is 15.5. The van der Waals surface area contributed by atoms with Crippen molar-refractivity contribution in [2.24, 2.45) is 5.92 Å². The monoisotopic (exact) mass is 640 g/mol. The van der Waals surface area contributed by atoms with E-state index in [-0.39, 0.29) is 35.3 Å². The largest absolute Gasteiger partial charge is 0.573 e. The minimum Gasteiger partial charge on any atom is -0.493 e. The maximum atomic E-state index is 13.1. The predicted octanol–water partition coefficient (Wildman–Crippen LogP) is 5.53. The molecule has 16 heteroatoms. The van der Waals surface area contributed by atoms with E-state index < -0.39 is 43.0 Å². The second-order valence-corrected chi connectivity index (χ2v) is 13.3. The number of ether oxygens (including phenoxy) is 2. The first-order chi connectivity index (χ1) is 20.0. The van der Waals surface area contributed by atoms with Gasteiger partial charge in [0.2, 0.25) is 10.0 Å². The van der Waals surface area contributed by atoms with Crippen LogP contribution in [0.2, 0.25) is 0 Å². The van der Waals surface area contributed by atoms with Crippen molar-refractivity contribution in [3.8, 4) is 11.5 Å². The molecule has 0 saturated heterocycles. The Hall–Kier alpha value is -4.44. The minimum absolute atomic E-state index is 0.0353. The number of amides is 1. The summed E-state index contributed by atoms with van der Waals surface area (Å²) < 4.78 is 101. The number of rotatable bonds is 11.